The molecule has 0 saturated heterocycles. The van der Waals surface area contributed by atoms with Gasteiger partial charge in [0.1, 0.15) is 0 Å². The molecule has 0 heterocycles. The first-order valence-corrected chi connectivity index (χ1v) is 6.74. The molecule has 3 unspecified atom stereocenters. The summed E-state index contributed by atoms with van der Waals surface area (Å²) in [4.78, 5) is 0. The van der Waals surface area contributed by atoms with E-state index in [2.05, 4.69) is 13.0 Å². The second-order valence-corrected chi connectivity index (χ2v) is 5.51. The molecule has 0 aromatic carbocycles. The van der Waals surface area contributed by atoms with Crippen molar-refractivity contribution < 1.29 is 0 Å². The van der Waals surface area contributed by atoms with Crippen molar-refractivity contribution in [1.29, 1.82) is 5.26 Å². The summed E-state index contributed by atoms with van der Waals surface area (Å²) in [6.45, 7) is 2.26. The van der Waals surface area contributed by atoms with Crippen LogP contribution in [0, 0.1) is 28.6 Å². The first-order chi connectivity index (χ1) is 7.33. The predicted octanol–water partition coefficient (Wildman–Crippen LogP) is 4.29. The molecule has 0 aliphatic heterocycles. The first kappa shape index (κ1) is 11.0. The summed E-state index contributed by atoms with van der Waals surface area (Å²) in [5.41, 5.74) is 0.105. The molecule has 15 heavy (non-hydrogen) atoms. The summed E-state index contributed by atoms with van der Waals surface area (Å²) >= 11 is 0. The molecule has 0 amide bonds. The van der Waals surface area contributed by atoms with Crippen LogP contribution in [0.4, 0.5) is 0 Å². The van der Waals surface area contributed by atoms with Crippen molar-refractivity contribution in [3.05, 3.63) is 0 Å². The monoisotopic (exact) mass is 205 g/mol. The molecule has 2 rings (SSSR count). The molecule has 1 nitrogen and oxygen atoms in total. The lowest BCUT2D eigenvalue weighted by Gasteiger charge is -2.37. The van der Waals surface area contributed by atoms with Gasteiger partial charge >= 0.3 is 0 Å². The van der Waals surface area contributed by atoms with Crippen LogP contribution in [0.2, 0.25) is 0 Å². The van der Waals surface area contributed by atoms with Crippen LogP contribution in [0.5, 0.6) is 0 Å². The van der Waals surface area contributed by atoms with Crippen LogP contribution < -0.4 is 0 Å². The highest BCUT2D eigenvalue weighted by Gasteiger charge is 2.50. The molecule has 84 valence electrons. The van der Waals surface area contributed by atoms with Gasteiger partial charge in [-0.15, -0.1) is 0 Å². The minimum Gasteiger partial charge on any atom is -0.198 e. The van der Waals surface area contributed by atoms with Gasteiger partial charge in [0.15, 0.2) is 0 Å². The Morgan fingerprint density at radius 1 is 1.27 bits per heavy atom. The van der Waals surface area contributed by atoms with E-state index in [1.165, 1.54) is 57.8 Å². The van der Waals surface area contributed by atoms with E-state index in [-0.39, 0.29) is 5.41 Å². The molecule has 2 aliphatic rings. The third-order valence-electron chi connectivity index (χ3n) is 4.83. The van der Waals surface area contributed by atoms with E-state index in [1.807, 2.05) is 0 Å². The summed E-state index contributed by atoms with van der Waals surface area (Å²) in [5, 5.41) is 9.57. The average molecular weight is 205 g/mol. The van der Waals surface area contributed by atoms with Crippen LogP contribution in [0.15, 0.2) is 0 Å². The van der Waals surface area contributed by atoms with E-state index < -0.39 is 0 Å². The van der Waals surface area contributed by atoms with Gasteiger partial charge in [0.2, 0.25) is 0 Å². The summed E-state index contributed by atoms with van der Waals surface area (Å²) in [5.74, 6) is 1.48. The molecular formula is C14H23N. The van der Waals surface area contributed by atoms with E-state index >= 15 is 0 Å². The topological polar surface area (TPSA) is 23.8 Å². The van der Waals surface area contributed by atoms with Gasteiger partial charge in [-0.3, -0.25) is 0 Å². The summed E-state index contributed by atoms with van der Waals surface area (Å²) in [6, 6.07) is 2.74. The third kappa shape index (κ3) is 1.80. The lowest BCUT2D eigenvalue weighted by molar-refractivity contribution is 0.137. The van der Waals surface area contributed by atoms with Crippen molar-refractivity contribution in [2.45, 2.75) is 64.7 Å². The van der Waals surface area contributed by atoms with Crippen molar-refractivity contribution >= 4 is 0 Å². The van der Waals surface area contributed by atoms with E-state index in [0.29, 0.717) is 0 Å². The average Bonchev–Trinajstić information content (AvgIpc) is 2.65. The zero-order valence-electron chi connectivity index (χ0n) is 9.97. The number of hydrogen-bond donors (Lipinski definition) is 0. The van der Waals surface area contributed by atoms with Crippen LogP contribution in [-0.4, -0.2) is 0 Å². The van der Waals surface area contributed by atoms with Crippen molar-refractivity contribution in [3.63, 3.8) is 0 Å². The molecule has 0 aromatic heterocycles. The Kier molecular flexibility index (Phi) is 3.34. The Morgan fingerprint density at radius 2 is 2.13 bits per heavy atom. The molecule has 2 aliphatic carbocycles. The third-order valence-corrected chi connectivity index (χ3v) is 4.83. The molecule has 2 saturated carbocycles. The van der Waals surface area contributed by atoms with Gasteiger partial charge in [0, 0.05) is 0 Å². The van der Waals surface area contributed by atoms with Gasteiger partial charge in [0.25, 0.3) is 0 Å². The molecule has 0 spiro atoms. The first-order valence-electron chi connectivity index (χ1n) is 6.74. The molecule has 1 heteroatoms. The minimum absolute atomic E-state index is 0.105. The van der Waals surface area contributed by atoms with Gasteiger partial charge in [-0.25, -0.2) is 0 Å². The number of hydrogen-bond acceptors (Lipinski definition) is 1. The molecular weight excluding hydrogens is 182 g/mol. The standard InChI is InChI=1S/C14H23N/c1-2-3-6-12-8-9-13-7-4-5-10-14(12,13)11-15/h12-13H,2-10H2,1H3. The quantitative estimate of drug-likeness (QED) is 0.674. The summed E-state index contributed by atoms with van der Waals surface area (Å²) in [7, 11) is 0. The normalized spacial score (nSPS) is 39.7. The highest BCUT2D eigenvalue weighted by atomic mass is 14.5. The Labute approximate surface area is 93.9 Å². The van der Waals surface area contributed by atoms with Gasteiger partial charge in [-0.2, -0.15) is 5.26 Å². The van der Waals surface area contributed by atoms with Crippen LogP contribution in [-0.2, 0) is 0 Å². The molecule has 0 N–H and O–H groups in total. The number of nitrogens with zero attached hydrogens (tertiary/aromatic N) is 1. The highest BCUT2D eigenvalue weighted by Crippen LogP contribution is 2.56. The largest absolute Gasteiger partial charge is 0.198 e. The smallest absolute Gasteiger partial charge is 0.0695 e. The Bertz CT molecular complexity index is 253. The van der Waals surface area contributed by atoms with Crippen LogP contribution in [0.25, 0.3) is 0 Å². The molecule has 3 atom stereocenters. The van der Waals surface area contributed by atoms with Crippen LogP contribution >= 0.6 is 0 Å². The second-order valence-electron chi connectivity index (χ2n) is 5.51. The van der Waals surface area contributed by atoms with Crippen molar-refractivity contribution in [2.75, 3.05) is 0 Å². The molecule has 0 bridgehead atoms. The van der Waals surface area contributed by atoms with Crippen LogP contribution in [0.1, 0.15) is 64.7 Å². The molecule has 0 aromatic rings. The lowest BCUT2D eigenvalue weighted by atomic mass is 9.64. The maximum atomic E-state index is 9.57. The number of rotatable bonds is 3. The molecule has 2 fully saturated rings. The number of fused-ring (bicyclic) bond motifs is 1. The summed E-state index contributed by atoms with van der Waals surface area (Å²) in [6.07, 6.45) is 11.8. The van der Waals surface area contributed by atoms with Crippen molar-refractivity contribution in [2.24, 2.45) is 17.3 Å². The second kappa shape index (κ2) is 4.56. The minimum atomic E-state index is 0.105. The lowest BCUT2D eigenvalue weighted by Crippen LogP contribution is -2.33. The predicted molar refractivity (Wildman–Crippen MR) is 62.3 cm³/mol. The van der Waals surface area contributed by atoms with Gasteiger partial charge in [-0.05, 0) is 43.9 Å². The Hall–Kier alpha value is -0.510. The fourth-order valence-corrected chi connectivity index (χ4v) is 3.96. The van der Waals surface area contributed by atoms with E-state index in [0.717, 1.165) is 11.8 Å². The number of unbranched alkanes of at least 4 members (excludes halogenated alkanes) is 1. The van der Waals surface area contributed by atoms with E-state index in [1.54, 1.807) is 0 Å². The van der Waals surface area contributed by atoms with Gasteiger partial charge < -0.3 is 0 Å². The van der Waals surface area contributed by atoms with Crippen molar-refractivity contribution in [3.8, 4) is 6.07 Å². The highest BCUT2D eigenvalue weighted by molar-refractivity contribution is 5.11. The van der Waals surface area contributed by atoms with Gasteiger partial charge in [-0.1, -0.05) is 32.6 Å². The zero-order valence-corrected chi connectivity index (χ0v) is 9.97. The maximum Gasteiger partial charge on any atom is 0.0695 e. The fraction of sp³-hybridized carbons (Fsp3) is 0.929. The molecule has 0 radical (unpaired) electrons. The summed E-state index contributed by atoms with van der Waals surface area (Å²) < 4.78 is 0. The zero-order chi connectivity index (χ0) is 10.7. The SMILES string of the molecule is CCCCC1CCC2CCCCC12C#N. The Balaban J connectivity index is 2.09. The van der Waals surface area contributed by atoms with E-state index in [9.17, 15) is 5.26 Å². The maximum absolute atomic E-state index is 9.57. The van der Waals surface area contributed by atoms with E-state index in [4.69, 9.17) is 0 Å². The number of nitriles is 1. The Morgan fingerprint density at radius 3 is 2.87 bits per heavy atom. The fourth-order valence-electron chi connectivity index (χ4n) is 3.96. The van der Waals surface area contributed by atoms with Gasteiger partial charge in [0.05, 0.1) is 11.5 Å². The van der Waals surface area contributed by atoms with Crippen LogP contribution in [0.3, 0.4) is 0 Å². The van der Waals surface area contributed by atoms with Crippen molar-refractivity contribution in [1.82, 2.24) is 0 Å².